The molecule has 1 N–H and O–H groups in total. The SMILES string of the molecule is CC(=O)c1cc2c(cc1NC(=O)COC(=O)c1ccc(C)cc1C)OCO2. The smallest absolute Gasteiger partial charge is 0.338 e. The maximum absolute atomic E-state index is 12.2. The molecule has 140 valence electrons. The minimum Gasteiger partial charge on any atom is -0.454 e. The summed E-state index contributed by atoms with van der Waals surface area (Å²) in [6.07, 6.45) is 0. The molecule has 1 aliphatic heterocycles. The Kier molecular flexibility index (Phi) is 5.12. The molecule has 0 saturated carbocycles. The number of ether oxygens (including phenoxy) is 3. The van der Waals surface area contributed by atoms with Crippen LogP contribution in [-0.4, -0.2) is 31.1 Å². The predicted molar refractivity (Wildman–Crippen MR) is 97.4 cm³/mol. The van der Waals surface area contributed by atoms with Gasteiger partial charge in [-0.2, -0.15) is 0 Å². The average molecular weight is 369 g/mol. The standard InChI is InChI=1S/C20H19NO6/c1-11-4-5-14(12(2)6-11)20(24)25-9-19(23)21-16-8-18-17(26-10-27-18)7-15(16)13(3)22/h4-8H,9-10H2,1-3H3,(H,21,23). The fourth-order valence-corrected chi connectivity index (χ4v) is 2.77. The van der Waals surface area contributed by atoms with Crippen LogP contribution in [0.1, 0.15) is 38.8 Å². The van der Waals surface area contributed by atoms with Crippen LogP contribution < -0.4 is 14.8 Å². The summed E-state index contributed by atoms with van der Waals surface area (Å²) in [5, 5.41) is 2.58. The molecule has 2 aromatic rings. The highest BCUT2D eigenvalue weighted by atomic mass is 16.7. The second-order valence-electron chi connectivity index (χ2n) is 6.25. The Bertz CT molecular complexity index is 934. The van der Waals surface area contributed by atoms with Crippen molar-refractivity contribution < 1.29 is 28.6 Å². The van der Waals surface area contributed by atoms with E-state index in [0.717, 1.165) is 11.1 Å². The zero-order chi connectivity index (χ0) is 19.6. The number of hydrogen-bond donors (Lipinski definition) is 1. The van der Waals surface area contributed by atoms with Gasteiger partial charge in [0, 0.05) is 11.6 Å². The first-order chi connectivity index (χ1) is 12.8. The summed E-state index contributed by atoms with van der Waals surface area (Å²) < 4.78 is 15.6. The highest BCUT2D eigenvalue weighted by Gasteiger charge is 2.21. The van der Waals surface area contributed by atoms with Gasteiger partial charge < -0.3 is 19.5 Å². The van der Waals surface area contributed by atoms with Gasteiger partial charge in [0.1, 0.15) is 0 Å². The second-order valence-corrected chi connectivity index (χ2v) is 6.25. The van der Waals surface area contributed by atoms with Crippen LogP contribution in [0.2, 0.25) is 0 Å². The molecule has 0 aromatic heterocycles. The van der Waals surface area contributed by atoms with Gasteiger partial charge in [0.15, 0.2) is 23.9 Å². The number of rotatable bonds is 5. The summed E-state index contributed by atoms with van der Waals surface area (Å²) >= 11 is 0. The van der Waals surface area contributed by atoms with Gasteiger partial charge in [-0.25, -0.2) is 4.79 Å². The number of hydrogen-bond acceptors (Lipinski definition) is 6. The van der Waals surface area contributed by atoms with E-state index in [9.17, 15) is 14.4 Å². The molecule has 2 aromatic carbocycles. The Morgan fingerprint density at radius 2 is 1.74 bits per heavy atom. The molecular weight excluding hydrogens is 350 g/mol. The van der Waals surface area contributed by atoms with Crippen molar-refractivity contribution in [3.05, 3.63) is 52.6 Å². The van der Waals surface area contributed by atoms with Gasteiger partial charge in [0.05, 0.1) is 11.3 Å². The zero-order valence-corrected chi connectivity index (χ0v) is 15.3. The van der Waals surface area contributed by atoms with Gasteiger partial charge in [-0.3, -0.25) is 9.59 Å². The molecular formula is C20H19NO6. The molecule has 0 bridgehead atoms. The Morgan fingerprint density at radius 3 is 2.41 bits per heavy atom. The lowest BCUT2D eigenvalue weighted by atomic mass is 10.1. The van der Waals surface area contributed by atoms with Crippen molar-refractivity contribution in [3.63, 3.8) is 0 Å². The van der Waals surface area contributed by atoms with Gasteiger partial charge in [-0.1, -0.05) is 17.7 Å². The number of esters is 1. The van der Waals surface area contributed by atoms with Gasteiger partial charge in [-0.15, -0.1) is 0 Å². The average Bonchev–Trinajstić information content (AvgIpc) is 3.06. The molecule has 27 heavy (non-hydrogen) atoms. The summed E-state index contributed by atoms with van der Waals surface area (Å²) in [4.78, 5) is 36.2. The molecule has 1 aliphatic rings. The van der Waals surface area contributed by atoms with Crippen LogP contribution in [0.4, 0.5) is 5.69 Å². The highest BCUT2D eigenvalue weighted by Crippen LogP contribution is 2.37. The van der Waals surface area contributed by atoms with Gasteiger partial charge in [-0.05, 0) is 38.5 Å². The fourth-order valence-electron chi connectivity index (χ4n) is 2.77. The number of carbonyl (C=O) groups is 3. The third kappa shape index (κ3) is 4.08. The van der Waals surface area contributed by atoms with Crippen molar-refractivity contribution in [2.75, 3.05) is 18.7 Å². The van der Waals surface area contributed by atoms with Gasteiger partial charge >= 0.3 is 5.97 Å². The van der Waals surface area contributed by atoms with Crippen LogP contribution in [0, 0.1) is 13.8 Å². The molecule has 0 atom stereocenters. The molecule has 0 unspecified atom stereocenters. The molecule has 0 saturated heterocycles. The summed E-state index contributed by atoms with van der Waals surface area (Å²) in [5.74, 6) is -0.507. The summed E-state index contributed by atoms with van der Waals surface area (Å²) in [5.41, 5.74) is 2.77. The molecule has 0 radical (unpaired) electrons. The van der Waals surface area contributed by atoms with E-state index >= 15 is 0 Å². The highest BCUT2D eigenvalue weighted by molar-refractivity contribution is 6.05. The number of aryl methyl sites for hydroxylation is 2. The first kappa shape index (κ1) is 18.4. The summed E-state index contributed by atoms with van der Waals surface area (Å²) in [7, 11) is 0. The zero-order valence-electron chi connectivity index (χ0n) is 15.3. The largest absolute Gasteiger partial charge is 0.454 e. The molecule has 1 amide bonds. The van der Waals surface area contributed by atoms with Gasteiger partial charge in [0.25, 0.3) is 5.91 Å². The number of anilines is 1. The van der Waals surface area contributed by atoms with Crippen LogP contribution in [0.15, 0.2) is 30.3 Å². The number of benzene rings is 2. The Balaban J connectivity index is 1.67. The van der Waals surface area contributed by atoms with E-state index in [1.54, 1.807) is 19.1 Å². The maximum Gasteiger partial charge on any atom is 0.338 e. The van der Waals surface area contributed by atoms with Gasteiger partial charge in [0.2, 0.25) is 6.79 Å². The lowest BCUT2D eigenvalue weighted by Gasteiger charge is -2.11. The van der Waals surface area contributed by atoms with Crippen molar-refractivity contribution in [2.45, 2.75) is 20.8 Å². The van der Waals surface area contributed by atoms with E-state index in [4.69, 9.17) is 14.2 Å². The lowest BCUT2D eigenvalue weighted by molar-refractivity contribution is -0.119. The van der Waals surface area contributed by atoms with Crippen molar-refractivity contribution in [1.29, 1.82) is 0 Å². The number of Topliss-reactive ketones (excluding diaryl/α,β-unsaturated/α-hetero) is 1. The van der Waals surface area contributed by atoms with Crippen molar-refractivity contribution >= 4 is 23.3 Å². The lowest BCUT2D eigenvalue weighted by Crippen LogP contribution is -2.22. The number of amides is 1. The maximum atomic E-state index is 12.2. The Morgan fingerprint density at radius 1 is 1.04 bits per heavy atom. The topological polar surface area (TPSA) is 90.9 Å². The monoisotopic (exact) mass is 369 g/mol. The first-order valence-electron chi connectivity index (χ1n) is 8.34. The minimum absolute atomic E-state index is 0.0532. The number of nitrogens with one attached hydrogen (secondary N) is 1. The molecule has 7 heteroatoms. The Labute approximate surface area is 156 Å². The van der Waals surface area contributed by atoms with Crippen LogP contribution >= 0.6 is 0 Å². The van der Waals surface area contributed by atoms with Crippen LogP contribution in [-0.2, 0) is 9.53 Å². The molecule has 3 rings (SSSR count). The van der Waals surface area contributed by atoms with E-state index in [1.165, 1.54) is 19.1 Å². The first-order valence-corrected chi connectivity index (χ1v) is 8.34. The molecule has 1 heterocycles. The van der Waals surface area contributed by atoms with Crippen molar-refractivity contribution in [1.82, 2.24) is 0 Å². The fraction of sp³-hybridized carbons (Fsp3) is 0.250. The van der Waals surface area contributed by atoms with E-state index in [2.05, 4.69) is 5.32 Å². The van der Waals surface area contributed by atoms with Crippen LogP contribution in [0.25, 0.3) is 0 Å². The molecule has 0 fully saturated rings. The normalized spacial score (nSPS) is 11.8. The van der Waals surface area contributed by atoms with Crippen LogP contribution in [0.5, 0.6) is 11.5 Å². The summed E-state index contributed by atoms with van der Waals surface area (Å²) in [6, 6.07) is 8.36. The Hall–Kier alpha value is -3.35. The number of carbonyl (C=O) groups excluding carboxylic acids is 3. The molecule has 7 nitrogen and oxygen atoms in total. The minimum atomic E-state index is -0.583. The number of fused-ring (bicyclic) bond motifs is 1. The van der Waals surface area contributed by atoms with E-state index in [1.807, 2.05) is 13.0 Å². The van der Waals surface area contributed by atoms with E-state index in [-0.39, 0.29) is 23.8 Å². The number of ketones is 1. The summed E-state index contributed by atoms with van der Waals surface area (Å²) in [6.45, 7) is 4.69. The van der Waals surface area contributed by atoms with Crippen LogP contribution in [0.3, 0.4) is 0 Å². The van der Waals surface area contributed by atoms with Crippen molar-refractivity contribution in [2.24, 2.45) is 0 Å². The molecule has 0 aliphatic carbocycles. The third-order valence-electron chi connectivity index (χ3n) is 4.10. The molecule has 0 spiro atoms. The van der Waals surface area contributed by atoms with E-state index in [0.29, 0.717) is 17.1 Å². The van der Waals surface area contributed by atoms with Crippen molar-refractivity contribution in [3.8, 4) is 11.5 Å². The predicted octanol–water partition coefficient (Wildman–Crippen LogP) is 3.03. The third-order valence-corrected chi connectivity index (χ3v) is 4.10. The second kappa shape index (κ2) is 7.49. The quantitative estimate of drug-likeness (QED) is 0.643. The van der Waals surface area contributed by atoms with E-state index < -0.39 is 18.5 Å².